The lowest BCUT2D eigenvalue weighted by Crippen LogP contribution is -2.30. The first kappa shape index (κ1) is 19.6. The summed E-state index contributed by atoms with van der Waals surface area (Å²) in [5, 5.41) is 6.88. The highest BCUT2D eigenvalue weighted by molar-refractivity contribution is 5.81. The average molecular weight is 418 g/mol. The van der Waals surface area contributed by atoms with Gasteiger partial charge in [0, 0.05) is 25.4 Å². The minimum absolute atomic E-state index is 0.243. The number of aromatic amines is 1. The van der Waals surface area contributed by atoms with Crippen LogP contribution in [0.15, 0.2) is 53.3 Å². The maximum absolute atomic E-state index is 12.5. The monoisotopic (exact) mass is 418 g/mol. The van der Waals surface area contributed by atoms with Gasteiger partial charge in [-0.05, 0) is 60.6 Å². The van der Waals surface area contributed by atoms with Gasteiger partial charge in [0.1, 0.15) is 11.6 Å². The summed E-state index contributed by atoms with van der Waals surface area (Å²) in [6.45, 7) is 1.56. The van der Waals surface area contributed by atoms with Crippen molar-refractivity contribution in [2.24, 2.45) is 11.8 Å². The average Bonchev–Trinajstić information content (AvgIpc) is 3.45. The van der Waals surface area contributed by atoms with E-state index in [0.29, 0.717) is 24.1 Å². The number of likely N-dealkylation sites (tertiary alicyclic amines) is 1. The largest absolute Gasteiger partial charge is 0.497 e. The minimum Gasteiger partial charge on any atom is -0.497 e. The Balaban J connectivity index is 1.33. The predicted molar refractivity (Wildman–Crippen MR) is 117 cm³/mol. The van der Waals surface area contributed by atoms with Gasteiger partial charge in [0.05, 0.1) is 12.8 Å². The Kier molecular flexibility index (Phi) is 5.10. The maximum atomic E-state index is 12.5. The number of methoxy groups -OCH3 is 1. The summed E-state index contributed by atoms with van der Waals surface area (Å²) in [6, 6.07) is 15.8. The SMILES string of the molecule is COc1cccc(-c2ccc(-n3c(C[C@@H]4CCN(C(=O)C5CC5)C4)n[nH]c3=O)cc2)c1. The van der Waals surface area contributed by atoms with Crippen LogP contribution in [0.3, 0.4) is 0 Å². The fourth-order valence-corrected chi connectivity index (χ4v) is 4.38. The van der Waals surface area contributed by atoms with E-state index in [9.17, 15) is 9.59 Å². The molecule has 1 saturated heterocycles. The summed E-state index contributed by atoms with van der Waals surface area (Å²) in [6.07, 6.45) is 3.69. The molecule has 3 aromatic rings. The number of benzene rings is 2. The molecule has 1 amide bonds. The highest BCUT2D eigenvalue weighted by Crippen LogP contribution is 2.33. The molecule has 2 aliphatic rings. The number of carbonyl (C=O) groups is 1. The van der Waals surface area contributed by atoms with E-state index in [1.807, 2.05) is 53.4 Å². The zero-order valence-corrected chi connectivity index (χ0v) is 17.6. The fraction of sp³-hybridized carbons (Fsp3) is 0.375. The van der Waals surface area contributed by atoms with Crippen molar-refractivity contribution in [1.29, 1.82) is 0 Å². The van der Waals surface area contributed by atoms with Crippen LogP contribution in [0, 0.1) is 11.8 Å². The van der Waals surface area contributed by atoms with Crippen LogP contribution in [0.5, 0.6) is 5.75 Å². The first-order valence-corrected chi connectivity index (χ1v) is 10.8. The summed E-state index contributed by atoms with van der Waals surface area (Å²) in [7, 11) is 1.65. The molecule has 0 radical (unpaired) electrons. The number of hydrogen-bond donors (Lipinski definition) is 1. The fourth-order valence-electron chi connectivity index (χ4n) is 4.38. The number of carbonyl (C=O) groups excluding carboxylic acids is 1. The van der Waals surface area contributed by atoms with Crippen molar-refractivity contribution < 1.29 is 9.53 Å². The normalized spacial score (nSPS) is 18.4. The van der Waals surface area contributed by atoms with E-state index in [1.165, 1.54) is 0 Å². The van der Waals surface area contributed by atoms with Crippen LogP contribution < -0.4 is 10.4 Å². The zero-order chi connectivity index (χ0) is 21.4. The van der Waals surface area contributed by atoms with Crippen LogP contribution >= 0.6 is 0 Å². The number of ether oxygens (including phenoxy) is 1. The number of nitrogens with one attached hydrogen (secondary N) is 1. The minimum atomic E-state index is -0.243. The topological polar surface area (TPSA) is 80.2 Å². The van der Waals surface area contributed by atoms with E-state index in [-0.39, 0.29) is 11.6 Å². The van der Waals surface area contributed by atoms with Crippen LogP contribution in [0.2, 0.25) is 0 Å². The van der Waals surface area contributed by atoms with E-state index in [1.54, 1.807) is 11.7 Å². The van der Waals surface area contributed by atoms with Crippen LogP contribution in [0.1, 0.15) is 25.1 Å². The molecule has 1 aliphatic carbocycles. The van der Waals surface area contributed by atoms with Gasteiger partial charge in [-0.3, -0.25) is 4.79 Å². The molecular weight excluding hydrogens is 392 g/mol. The molecule has 160 valence electrons. The van der Waals surface area contributed by atoms with E-state index in [2.05, 4.69) is 10.2 Å². The Morgan fingerprint density at radius 1 is 1.13 bits per heavy atom. The van der Waals surface area contributed by atoms with Crippen molar-refractivity contribution in [2.75, 3.05) is 20.2 Å². The number of rotatable bonds is 6. The maximum Gasteiger partial charge on any atom is 0.347 e. The smallest absolute Gasteiger partial charge is 0.347 e. The van der Waals surface area contributed by atoms with Gasteiger partial charge in [0.25, 0.3) is 0 Å². The third kappa shape index (κ3) is 4.00. The Labute approximate surface area is 180 Å². The van der Waals surface area contributed by atoms with Gasteiger partial charge >= 0.3 is 5.69 Å². The number of aromatic nitrogens is 3. The second-order valence-electron chi connectivity index (χ2n) is 8.48. The summed E-state index contributed by atoms with van der Waals surface area (Å²) in [5.74, 6) is 2.40. The molecule has 2 aromatic carbocycles. The summed E-state index contributed by atoms with van der Waals surface area (Å²) in [5.41, 5.74) is 2.64. The third-order valence-corrected chi connectivity index (χ3v) is 6.27. The highest BCUT2D eigenvalue weighted by atomic mass is 16.5. The van der Waals surface area contributed by atoms with E-state index in [4.69, 9.17) is 4.74 Å². The van der Waals surface area contributed by atoms with Crippen molar-refractivity contribution >= 4 is 5.91 Å². The molecule has 1 N–H and O–H groups in total. The molecular formula is C24H26N4O3. The first-order valence-electron chi connectivity index (χ1n) is 10.8. The lowest BCUT2D eigenvalue weighted by atomic mass is 10.0. The predicted octanol–water partition coefficient (Wildman–Crippen LogP) is 3.04. The van der Waals surface area contributed by atoms with Crippen LogP contribution in [0.25, 0.3) is 16.8 Å². The molecule has 7 heteroatoms. The van der Waals surface area contributed by atoms with E-state index < -0.39 is 0 Å². The molecule has 1 saturated carbocycles. The molecule has 0 bridgehead atoms. The van der Waals surface area contributed by atoms with E-state index in [0.717, 1.165) is 54.9 Å². The van der Waals surface area contributed by atoms with Crippen molar-refractivity contribution in [1.82, 2.24) is 19.7 Å². The van der Waals surface area contributed by atoms with Gasteiger partial charge in [-0.1, -0.05) is 24.3 Å². The van der Waals surface area contributed by atoms with Crippen molar-refractivity contribution in [3.05, 3.63) is 64.8 Å². The van der Waals surface area contributed by atoms with Crippen molar-refractivity contribution in [2.45, 2.75) is 25.7 Å². The molecule has 1 atom stereocenters. The number of nitrogens with zero attached hydrogens (tertiary/aromatic N) is 3. The van der Waals surface area contributed by atoms with Gasteiger partial charge in [0.2, 0.25) is 5.91 Å². The van der Waals surface area contributed by atoms with Gasteiger partial charge < -0.3 is 9.64 Å². The quantitative estimate of drug-likeness (QED) is 0.667. The standard InChI is InChI=1S/C24H26N4O3/c1-31-21-4-2-3-19(14-21)17-7-9-20(10-8-17)28-22(25-26-24(28)30)13-16-11-12-27(15-16)23(29)18-5-6-18/h2-4,7-10,14,16,18H,5-6,11-13,15H2,1H3,(H,26,30)/t16-/m0/s1. The zero-order valence-electron chi connectivity index (χ0n) is 17.6. The van der Waals surface area contributed by atoms with E-state index >= 15 is 0 Å². The van der Waals surface area contributed by atoms with Crippen LogP contribution in [-0.2, 0) is 11.2 Å². The summed E-state index contributed by atoms with van der Waals surface area (Å²) >= 11 is 0. The molecule has 0 unspecified atom stereocenters. The molecule has 1 aliphatic heterocycles. The number of amides is 1. The lowest BCUT2D eigenvalue weighted by Gasteiger charge is -2.16. The van der Waals surface area contributed by atoms with Gasteiger partial charge in [-0.15, -0.1) is 0 Å². The second kappa shape index (κ2) is 8.06. The molecule has 31 heavy (non-hydrogen) atoms. The van der Waals surface area contributed by atoms with Crippen LogP contribution in [0.4, 0.5) is 0 Å². The molecule has 2 fully saturated rings. The Hall–Kier alpha value is -3.35. The number of H-pyrrole nitrogens is 1. The Morgan fingerprint density at radius 3 is 2.68 bits per heavy atom. The highest BCUT2D eigenvalue weighted by Gasteiger charge is 2.36. The van der Waals surface area contributed by atoms with Crippen molar-refractivity contribution in [3.8, 4) is 22.6 Å². The third-order valence-electron chi connectivity index (χ3n) is 6.27. The second-order valence-corrected chi connectivity index (χ2v) is 8.48. The molecule has 5 rings (SSSR count). The first-order chi connectivity index (χ1) is 15.1. The molecule has 7 nitrogen and oxygen atoms in total. The molecule has 0 spiro atoms. The van der Waals surface area contributed by atoms with Crippen LogP contribution in [-0.4, -0.2) is 45.8 Å². The van der Waals surface area contributed by atoms with Crippen molar-refractivity contribution in [3.63, 3.8) is 0 Å². The van der Waals surface area contributed by atoms with Gasteiger partial charge in [0.15, 0.2) is 0 Å². The lowest BCUT2D eigenvalue weighted by molar-refractivity contribution is -0.131. The summed E-state index contributed by atoms with van der Waals surface area (Å²) in [4.78, 5) is 26.8. The Bertz CT molecular complexity index is 1140. The summed E-state index contributed by atoms with van der Waals surface area (Å²) < 4.78 is 6.95. The molecule has 1 aromatic heterocycles. The number of hydrogen-bond acceptors (Lipinski definition) is 4. The molecule has 2 heterocycles. The van der Waals surface area contributed by atoms with Gasteiger partial charge in [-0.25, -0.2) is 14.5 Å². The Morgan fingerprint density at radius 2 is 1.94 bits per heavy atom. The van der Waals surface area contributed by atoms with Gasteiger partial charge in [-0.2, -0.15) is 5.10 Å².